The van der Waals surface area contributed by atoms with E-state index in [1.54, 1.807) is 13.8 Å². The Morgan fingerprint density at radius 2 is 2.08 bits per heavy atom. The van der Waals surface area contributed by atoms with Crippen molar-refractivity contribution in [1.82, 2.24) is 0 Å². The highest BCUT2D eigenvalue weighted by Crippen LogP contribution is 2.22. The van der Waals surface area contributed by atoms with Crippen LogP contribution in [0.2, 0.25) is 0 Å². The number of allylic oxidation sites excluding steroid dienone is 3. The summed E-state index contributed by atoms with van der Waals surface area (Å²) in [5.74, 6) is -0.285. The van der Waals surface area contributed by atoms with E-state index < -0.39 is 11.6 Å². The monoisotopic (exact) mass is 349 g/mol. The molecule has 0 heterocycles. The standard InChI is InChI=1S/C19H31N3O3/c1-5-13(17(21)22)8-11-16(20)14-6-9-15(10-7-14)25-12-19(2,3)18(23)24-4/h6-9,11,15,17H,5,10,12,20-22H2,1-4H3/b13-8+,16-11-. The zero-order chi connectivity index (χ0) is 19.0. The average Bonchev–Trinajstić information content (AvgIpc) is 2.59. The fraction of sp³-hybridized carbons (Fsp3) is 0.526. The number of carbonyl (C=O) groups is 1. The van der Waals surface area contributed by atoms with Crippen molar-refractivity contribution in [3.05, 3.63) is 47.2 Å². The molecule has 0 saturated carbocycles. The molecule has 0 aromatic carbocycles. The fourth-order valence-electron chi connectivity index (χ4n) is 2.35. The van der Waals surface area contributed by atoms with E-state index in [4.69, 9.17) is 26.7 Å². The van der Waals surface area contributed by atoms with Crippen LogP contribution in [0.5, 0.6) is 0 Å². The minimum absolute atomic E-state index is 0.0836. The molecular formula is C19H31N3O3. The zero-order valence-electron chi connectivity index (χ0n) is 15.6. The normalized spacial score (nSPS) is 19.2. The third-order valence-electron chi connectivity index (χ3n) is 4.10. The first-order chi connectivity index (χ1) is 11.7. The SMILES string of the molecule is CC/C(=C\C=C(/N)C1=CCC(OCC(C)(C)C(=O)OC)C=C1)C(N)N. The number of esters is 1. The van der Waals surface area contributed by atoms with Gasteiger partial charge in [-0.2, -0.15) is 0 Å². The molecule has 0 aliphatic heterocycles. The smallest absolute Gasteiger partial charge is 0.313 e. The molecule has 1 atom stereocenters. The zero-order valence-corrected chi connectivity index (χ0v) is 15.6. The highest BCUT2D eigenvalue weighted by Gasteiger charge is 2.30. The number of ether oxygens (including phenoxy) is 2. The lowest BCUT2D eigenvalue weighted by molar-refractivity contribution is -0.154. The van der Waals surface area contributed by atoms with Gasteiger partial charge in [0, 0.05) is 5.70 Å². The van der Waals surface area contributed by atoms with Crippen LogP contribution < -0.4 is 17.2 Å². The Balaban J connectivity index is 2.63. The molecule has 1 aliphatic rings. The summed E-state index contributed by atoms with van der Waals surface area (Å²) in [6.07, 6.45) is 10.5. The summed E-state index contributed by atoms with van der Waals surface area (Å²) < 4.78 is 10.6. The molecule has 0 fully saturated rings. The predicted octanol–water partition coefficient (Wildman–Crippen LogP) is 1.88. The van der Waals surface area contributed by atoms with Crippen LogP contribution in [-0.2, 0) is 14.3 Å². The predicted molar refractivity (Wildman–Crippen MR) is 100 cm³/mol. The van der Waals surface area contributed by atoms with Crippen molar-refractivity contribution >= 4 is 5.97 Å². The van der Waals surface area contributed by atoms with Crippen LogP contribution in [0, 0.1) is 5.41 Å². The number of hydrogen-bond donors (Lipinski definition) is 3. The molecule has 6 nitrogen and oxygen atoms in total. The Hall–Kier alpha value is -1.89. The molecule has 0 aromatic heterocycles. The lowest BCUT2D eigenvalue weighted by atomic mass is 9.95. The van der Waals surface area contributed by atoms with Crippen molar-refractivity contribution in [1.29, 1.82) is 0 Å². The molecule has 0 saturated heterocycles. The summed E-state index contributed by atoms with van der Waals surface area (Å²) in [6, 6.07) is 0. The second-order valence-electron chi connectivity index (χ2n) is 6.72. The van der Waals surface area contributed by atoms with Crippen molar-refractivity contribution < 1.29 is 14.3 Å². The van der Waals surface area contributed by atoms with E-state index in [2.05, 4.69) is 0 Å². The topological polar surface area (TPSA) is 114 Å². The van der Waals surface area contributed by atoms with Gasteiger partial charge >= 0.3 is 5.97 Å². The van der Waals surface area contributed by atoms with Gasteiger partial charge in [-0.25, -0.2) is 0 Å². The largest absolute Gasteiger partial charge is 0.469 e. The van der Waals surface area contributed by atoms with Crippen LogP contribution in [-0.4, -0.2) is 32.0 Å². The highest BCUT2D eigenvalue weighted by molar-refractivity contribution is 5.75. The van der Waals surface area contributed by atoms with Crippen molar-refractivity contribution in [2.45, 2.75) is 45.9 Å². The third-order valence-corrected chi connectivity index (χ3v) is 4.10. The molecule has 0 aromatic rings. The molecule has 1 rings (SSSR count). The molecule has 0 bridgehead atoms. The molecule has 0 spiro atoms. The molecule has 25 heavy (non-hydrogen) atoms. The third kappa shape index (κ3) is 6.49. The van der Waals surface area contributed by atoms with Gasteiger partial charge in [-0.1, -0.05) is 31.2 Å². The molecule has 0 amide bonds. The van der Waals surface area contributed by atoms with Gasteiger partial charge in [0.05, 0.1) is 31.4 Å². The number of nitrogens with two attached hydrogens (primary N) is 3. The first kappa shape index (κ1) is 21.2. The van der Waals surface area contributed by atoms with Gasteiger partial charge in [0.25, 0.3) is 0 Å². The number of methoxy groups -OCH3 is 1. The molecule has 1 unspecified atom stereocenters. The lowest BCUT2D eigenvalue weighted by Crippen LogP contribution is -2.32. The van der Waals surface area contributed by atoms with Crippen molar-refractivity contribution in [2.24, 2.45) is 22.6 Å². The van der Waals surface area contributed by atoms with E-state index in [9.17, 15) is 4.79 Å². The first-order valence-electron chi connectivity index (χ1n) is 8.47. The van der Waals surface area contributed by atoms with E-state index in [1.165, 1.54) is 7.11 Å². The maximum Gasteiger partial charge on any atom is 0.313 e. The minimum Gasteiger partial charge on any atom is -0.469 e. The lowest BCUT2D eigenvalue weighted by Gasteiger charge is -2.25. The van der Waals surface area contributed by atoms with E-state index in [0.717, 1.165) is 17.6 Å². The van der Waals surface area contributed by atoms with Crippen molar-refractivity contribution in [3.8, 4) is 0 Å². The fourth-order valence-corrected chi connectivity index (χ4v) is 2.35. The number of hydrogen-bond acceptors (Lipinski definition) is 6. The van der Waals surface area contributed by atoms with E-state index >= 15 is 0 Å². The summed E-state index contributed by atoms with van der Waals surface area (Å²) in [7, 11) is 1.38. The van der Waals surface area contributed by atoms with Gasteiger partial charge in [-0.05, 0) is 43.9 Å². The average molecular weight is 349 g/mol. The van der Waals surface area contributed by atoms with Crippen LogP contribution in [0.15, 0.2) is 47.2 Å². The molecule has 6 N–H and O–H groups in total. The summed E-state index contributed by atoms with van der Waals surface area (Å²) in [4.78, 5) is 11.7. The number of rotatable bonds is 8. The molecule has 0 radical (unpaired) electrons. The van der Waals surface area contributed by atoms with Crippen LogP contribution in [0.25, 0.3) is 0 Å². The summed E-state index contributed by atoms with van der Waals surface area (Å²) in [6.45, 7) is 5.89. The maximum absolute atomic E-state index is 11.7. The summed E-state index contributed by atoms with van der Waals surface area (Å²) in [5.41, 5.74) is 19.3. The Kier molecular flexibility index (Phi) is 8.09. The van der Waals surface area contributed by atoms with Crippen LogP contribution in [0.3, 0.4) is 0 Å². The van der Waals surface area contributed by atoms with Crippen molar-refractivity contribution in [3.63, 3.8) is 0 Å². The Morgan fingerprint density at radius 1 is 1.40 bits per heavy atom. The van der Waals surface area contributed by atoms with Crippen molar-refractivity contribution in [2.75, 3.05) is 13.7 Å². The van der Waals surface area contributed by atoms with Crippen LogP contribution >= 0.6 is 0 Å². The van der Waals surface area contributed by atoms with E-state index in [-0.39, 0.29) is 12.1 Å². The second kappa shape index (κ2) is 9.56. The van der Waals surface area contributed by atoms with Crippen LogP contribution in [0.4, 0.5) is 0 Å². The molecular weight excluding hydrogens is 318 g/mol. The molecule has 6 heteroatoms. The van der Waals surface area contributed by atoms with Crippen LogP contribution in [0.1, 0.15) is 33.6 Å². The second-order valence-corrected chi connectivity index (χ2v) is 6.72. The van der Waals surface area contributed by atoms with Gasteiger partial charge < -0.3 is 26.7 Å². The van der Waals surface area contributed by atoms with Gasteiger partial charge in [-0.15, -0.1) is 0 Å². The molecule has 1 aliphatic carbocycles. The van der Waals surface area contributed by atoms with Gasteiger partial charge in [0.1, 0.15) is 0 Å². The van der Waals surface area contributed by atoms with E-state index in [0.29, 0.717) is 18.7 Å². The van der Waals surface area contributed by atoms with Gasteiger partial charge in [0.2, 0.25) is 0 Å². The minimum atomic E-state index is -0.673. The number of carbonyl (C=O) groups excluding carboxylic acids is 1. The van der Waals surface area contributed by atoms with E-state index in [1.807, 2.05) is 37.3 Å². The first-order valence-corrected chi connectivity index (χ1v) is 8.47. The quantitative estimate of drug-likeness (QED) is 0.350. The molecule has 140 valence electrons. The van der Waals surface area contributed by atoms with Gasteiger partial charge in [-0.3, -0.25) is 4.79 Å². The maximum atomic E-state index is 11.7. The summed E-state index contributed by atoms with van der Waals surface area (Å²) >= 11 is 0. The Labute approximate surface area is 150 Å². The summed E-state index contributed by atoms with van der Waals surface area (Å²) in [5, 5.41) is 0. The van der Waals surface area contributed by atoms with Gasteiger partial charge in [0.15, 0.2) is 0 Å². The highest BCUT2D eigenvalue weighted by atomic mass is 16.5. The Bertz CT molecular complexity index is 587. The Morgan fingerprint density at radius 3 is 2.56 bits per heavy atom.